The van der Waals surface area contributed by atoms with Crippen molar-refractivity contribution in [3.8, 4) is 17.2 Å². The first-order chi connectivity index (χ1) is 12.8. The van der Waals surface area contributed by atoms with Gasteiger partial charge in [0.1, 0.15) is 5.75 Å². The Balaban J connectivity index is 1.66. The van der Waals surface area contributed by atoms with Gasteiger partial charge in [0.25, 0.3) is 5.91 Å². The van der Waals surface area contributed by atoms with Crippen LogP contribution in [0.15, 0.2) is 30.3 Å². The number of esters is 1. The first kappa shape index (κ1) is 18.2. The molecule has 2 aromatic rings. The van der Waals surface area contributed by atoms with E-state index < -0.39 is 18.5 Å². The number of rotatable bonds is 5. The smallest absolute Gasteiger partial charge is 0.338 e. The van der Waals surface area contributed by atoms with Gasteiger partial charge in [-0.3, -0.25) is 9.59 Å². The summed E-state index contributed by atoms with van der Waals surface area (Å²) in [5, 5.41) is 12.2. The molecule has 140 valence electrons. The molecular formula is C19H17NO7. The average Bonchev–Trinajstić information content (AvgIpc) is 3.08. The zero-order chi connectivity index (χ0) is 19.6. The van der Waals surface area contributed by atoms with E-state index in [9.17, 15) is 19.5 Å². The van der Waals surface area contributed by atoms with Gasteiger partial charge in [-0.05, 0) is 37.6 Å². The van der Waals surface area contributed by atoms with Crippen molar-refractivity contribution in [2.75, 3.05) is 18.7 Å². The lowest BCUT2D eigenvalue weighted by atomic mass is 10.1. The number of carbonyl (C=O) groups is 3. The maximum Gasteiger partial charge on any atom is 0.338 e. The molecule has 1 aliphatic rings. The standard InChI is InChI=1S/C19H17NO7/c1-10-3-4-12(5-15(10)22)19(24)25-8-18(23)20-14-7-17-16(26-9-27-17)6-13(14)11(2)21/h3-7,22H,8-9H2,1-2H3,(H,20,23). The number of fused-ring (bicyclic) bond motifs is 1. The van der Waals surface area contributed by atoms with Crippen LogP contribution >= 0.6 is 0 Å². The minimum absolute atomic E-state index is 0.0328. The molecule has 0 saturated carbocycles. The van der Waals surface area contributed by atoms with Crippen molar-refractivity contribution in [2.24, 2.45) is 0 Å². The molecule has 0 radical (unpaired) electrons. The predicted octanol–water partition coefficient (Wildman–Crippen LogP) is 2.43. The highest BCUT2D eigenvalue weighted by molar-refractivity contribution is 6.05. The van der Waals surface area contributed by atoms with Gasteiger partial charge >= 0.3 is 5.97 Å². The molecule has 27 heavy (non-hydrogen) atoms. The zero-order valence-corrected chi connectivity index (χ0v) is 14.7. The van der Waals surface area contributed by atoms with E-state index in [-0.39, 0.29) is 35.1 Å². The molecule has 8 nitrogen and oxygen atoms in total. The van der Waals surface area contributed by atoms with Gasteiger partial charge in [-0.25, -0.2) is 4.79 Å². The summed E-state index contributed by atoms with van der Waals surface area (Å²) in [5.74, 6) is -0.860. The number of amides is 1. The maximum atomic E-state index is 12.1. The lowest BCUT2D eigenvalue weighted by Crippen LogP contribution is -2.22. The molecule has 0 atom stereocenters. The molecule has 0 unspecified atom stereocenters. The van der Waals surface area contributed by atoms with Gasteiger partial charge in [-0.2, -0.15) is 0 Å². The van der Waals surface area contributed by atoms with Gasteiger partial charge in [-0.15, -0.1) is 0 Å². The number of aryl methyl sites for hydroxylation is 1. The number of hydrogen-bond donors (Lipinski definition) is 2. The topological polar surface area (TPSA) is 111 Å². The van der Waals surface area contributed by atoms with E-state index in [1.807, 2.05) is 0 Å². The van der Waals surface area contributed by atoms with E-state index >= 15 is 0 Å². The minimum atomic E-state index is -0.752. The van der Waals surface area contributed by atoms with E-state index in [2.05, 4.69) is 5.32 Å². The van der Waals surface area contributed by atoms with Gasteiger partial charge in [-0.1, -0.05) is 6.07 Å². The van der Waals surface area contributed by atoms with Gasteiger partial charge in [0.15, 0.2) is 23.9 Å². The molecule has 1 aliphatic heterocycles. The number of hydrogen-bond acceptors (Lipinski definition) is 7. The second kappa shape index (κ2) is 7.36. The van der Waals surface area contributed by atoms with Crippen molar-refractivity contribution in [1.82, 2.24) is 0 Å². The third-order valence-corrected chi connectivity index (χ3v) is 3.95. The summed E-state index contributed by atoms with van der Waals surface area (Å²) in [5.41, 5.74) is 1.23. The Bertz CT molecular complexity index is 936. The fourth-order valence-corrected chi connectivity index (χ4v) is 2.47. The maximum absolute atomic E-state index is 12.1. The summed E-state index contributed by atoms with van der Waals surface area (Å²) in [7, 11) is 0. The molecule has 0 spiro atoms. The Morgan fingerprint density at radius 2 is 1.85 bits per heavy atom. The molecule has 1 amide bonds. The zero-order valence-electron chi connectivity index (χ0n) is 14.7. The lowest BCUT2D eigenvalue weighted by molar-refractivity contribution is -0.119. The summed E-state index contributed by atoms with van der Waals surface area (Å²) in [4.78, 5) is 35.9. The molecule has 0 fully saturated rings. The Morgan fingerprint density at radius 1 is 1.15 bits per heavy atom. The number of anilines is 1. The van der Waals surface area contributed by atoms with E-state index in [0.717, 1.165) is 0 Å². The van der Waals surface area contributed by atoms with Gasteiger partial charge in [0.05, 0.1) is 11.3 Å². The van der Waals surface area contributed by atoms with Crippen LogP contribution in [0.5, 0.6) is 17.2 Å². The van der Waals surface area contributed by atoms with Gasteiger partial charge in [0.2, 0.25) is 6.79 Å². The molecule has 0 saturated heterocycles. The van der Waals surface area contributed by atoms with Crippen molar-refractivity contribution >= 4 is 23.3 Å². The molecule has 1 heterocycles. The molecule has 3 rings (SSSR count). The average molecular weight is 371 g/mol. The highest BCUT2D eigenvalue weighted by Gasteiger charge is 2.21. The first-order valence-electron chi connectivity index (χ1n) is 8.06. The van der Waals surface area contributed by atoms with Crippen molar-refractivity contribution < 1.29 is 33.7 Å². The SMILES string of the molecule is CC(=O)c1cc2c(cc1NC(=O)COC(=O)c1ccc(C)c(O)c1)OCO2. The molecule has 2 N–H and O–H groups in total. The highest BCUT2D eigenvalue weighted by Crippen LogP contribution is 2.37. The van der Waals surface area contributed by atoms with Crippen molar-refractivity contribution in [3.05, 3.63) is 47.0 Å². The third-order valence-electron chi connectivity index (χ3n) is 3.95. The second-order valence-electron chi connectivity index (χ2n) is 5.93. The molecule has 2 aromatic carbocycles. The van der Waals surface area contributed by atoms with Crippen molar-refractivity contribution in [2.45, 2.75) is 13.8 Å². The normalized spacial score (nSPS) is 11.8. The molecule has 0 aromatic heterocycles. The number of nitrogens with one attached hydrogen (secondary N) is 1. The Hall–Kier alpha value is -3.55. The Morgan fingerprint density at radius 3 is 2.52 bits per heavy atom. The summed E-state index contributed by atoms with van der Waals surface area (Å²) >= 11 is 0. The van der Waals surface area contributed by atoms with Crippen LogP contribution in [0.1, 0.15) is 33.2 Å². The second-order valence-corrected chi connectivity index (χ2v) is 5.93. The number of Topliss-reactive ketones (excluding diaryl/α,β-unsaturated/α-hetero) is 1. The fraction of sp³-hybridized carbons (Fsp3) is 0.211. The fourth-order valence-electron chi connectivity index (χ4n) is 2.47. The van der Waals surface area contributed by atoms with E-state index in [0.29, 0.717) is 17.1 Å². The number of ketones is 1. The molecule has 0 aliphatic carbocycles. The van der Waals surface area contributed by atoms with Gasteiger partial charge in [0, 0.05) is 11.6 Å². The van der Waals surface area contributed by atoms with E-state index in [1.165, 1.54) is 31.2 Å². The number of ether oxygens (including phenoxy) is 3. The van der Waals surface area contributed by atoms with Gasteiger partial charge < -0.3 is 24.6 Å². The van der Waals surface area contributed by atoms with Crippen LogP contribution in [0, 0.1) is 6.92 Å². The quantitative estimate of drug-likeness (QED) is 0.613. The van der Waals surface area contributed by atoms with Crippen molar-refractivity contribution in [3.63, 3.8) is 0 Å². The third kappa shape index (κ3) is 4.00. The molecule has 8 heteroatoms. The van der Waals surface area contributed by atoms with Crippen molar-refractivity contribution in [1.29, 1.82) is 0 Å². The molecular weight excluding hydrogens is 354 g/mol. The first-order valence-corrected chi connectivity index (χ1v) is 8.06. The Labute approximate surface area is 154 Å². The van der Waals surface area contributed by atoms with E-state index in [1.54, 1.807) is 13.0 Å². The van der Waals surface area contributed by atoms with Crippen LogP contribution in [0.4, 0.5) is 5.69 Å². The largest absolute Gasteiger partial charge is 0.508 e. The monoisotopic (exact) mass is 371 g/mol. The van der Waals surface area contributed by atoms with Crippen LogP contribution in [0.3, 0.4) is 0 Å². The highest BCUT2D eigenvalue weighted by atomic mass is 16.7. The number of carbonyl (C=O) groups excluding carboxylic acids is 3. The predicted molar refractivity (Wildman–Crippen MR) is 94.3 cm³/mol. The summed E-state index contributed by atoms with van der Waals surface area (Å²) in [6, 6.07) is 7.29. The Kier molecular flexibility index (Phi) is 4.98. The molecule has 0 bridgehead atoms. The van der Waals surface area contributed by atoms with Crippen LogP contribution in [0.25, 0.3) is 0 Å². The van der Waals surface area contributed by atoms with Crippen LogP contribution < -0.4 is 14.8 Å². The number of phenolic OH excluding ortho intramolecular Hbond substituents is 1. The number of benzene rings is 2. The lowest BCUT2D eigenvalue weighted by Gasteiger charge is -2.11. The van der Waals surface area contributed by atoms with E-state index in [4.69, 9.17) is 14.2 Å². The number of aromatic hydroxyl groups is 1. The summed E-state index contributed by atoms with van der Waals surface area (Å²) in [6.45, 7) is 2.53. The van der Waals surface area contributed by atoms with Crippen LogP contribution in [-0.4, -0.2) is 36.2 Å². The van der Waals surface area contributed by atoms with Crippen LogP contribution in [-0.2, 0) is 9.53 Å². The number of phenols is 1. The van der Waals surface area contributed by atoms with Crippen LogP contribution in [0.2, 0.25) is 0 Å². The minimum Gasteiger partial charge on any atom is -0.508 e. The summed E-state index contributed by atoms with van der Waals surface area (Å²) in [6.07, 6.45) is 0. The summed E-state index contributed by atoms with van der Waals surface area (Å²) < 4.78 is 15.4.